The Labute approximate surface area is 105 Å². The Bertz CT molecular complexity index is 348. The second kappa shape index (κ2) is 7.34. The largest absolute Gasteiger partial charge is 0.396 e. The molecular weight excluding hydrogens is 238 g/mol. The molecule has 6 heteroatoms. The van der Waals surface area contributed by atoms with E-state index in [-0.39, 0.29) is 18.6 Å². The summed E-state index contributed by atoms with van der Waals surface area (Å²) in [5.41, 5.74) is 1.35. The van der Waals surface area contributed by atoms with E-state index in [9.17, 15) is 4.79 Å². The van der Waals surface area contributed by atoms with E-state index in [0.29, 0.717) is 12.1 Å². The fraction of sp³-hybridized carbons (Fsp3) is 0.636. The molecule has 1 unspecified atom stereocenters. The average molecular weight is 257 g/mol. The zero-order chi connectivity index (χ0) is 12.7. The first-order valence-electron chi connectivity index (χ1n) is 5.66. The molecule has 1 aromatic rings. The van der Waals surface area contributed by atoms with Gasteiger partial charge in [-0.15, -0.1) is 0 Å². The van der Waals surface area contributed by atoms with Gasteiger partial charge in [-0.1, -0.05) is 6.92 Å². The number of aromatic nitrogens is 2. The van der Waals surface area contributed by atoms with Gasteiger partial charge in [0.2, 0.25) is 0 Å². The Morgan fingerprint density at radius 3 is 3.00 bits per heavy atom. The molecule has 0 radical (unpaired) electrons. The smallest absolute Gasteiger partial charge is 0.272 e. The highest BCUT2D eigenvalue weighted by molar-refractivity contribution is 7.98. The Hall–Kier alpha value is -1.01. The van der Waals surface area contributed by atoms with Crippen LogP contribution in [0.2, 0.25) is 0 Å². The Morgan fingerprint density at radius 2 is 2.47 bits per heavy atom. The van der Waals surface area contributed by atoms with Crippen molar-refractivity contribution in [2.24, 2.45) is 0 Å². The molecule has 0 saturated carbocycles. The molecular formula is C11H19N3O2S. The van der Waals surface area contributed by atoms with E-state index in [1.165, 1.54) is 0 Å². The summed E-state index contributed by atoms with van der Waals surface area (Å²) in [4.78, 5) is 11.8. The van der Waals surface area contributed by atoms with Gasteiger partial charge in [-0.05, 0) is 25.2 Å². The molecule has 0 spiro atoms. The number of hydrogen-bond acceptors (Lipinski definition) is 4. The number of carbonyl (C=O) groups is 1. The Morgan fingerprint density at radius 1 is 1.71 bits per heavy atom. The van der Waals surface area contributed by atoms with Crippen LogP contribution in [0.15, 0.2) is 6.07 Å². The van der Waals surface area contributed by atoms with Crippen LogP contribution >= 0.6 is 11.8 Å². The quantitative estimate of drug-likeness (QED) is 0.675. The lowest BCUT2D eigenvalue weighted by molar-refractivity contribution is 0.0930. The second-order valence-electron chi connectivity index (χ2n) is 3.77. The van der Waals surface area contributed by atoms with Crippen LogP contribution in [0.25, 0.3) is 0 Å². The number of aromatic amines is 1. The number of thioether (sulfide) groups is 1. The predicted molar refractivity (Wildman–Crippen MR) is 69.3 cm³/mol. The number of hydrogen-bond donors (Lipinski definition) is 3. The third-order valence-electron chi connectivity index (χ3n) is 2.43. The van der Waals surface area contributed by atoms with Crippen LogP contribution in [-0.2, 0) is 6.42 Å². The fourth-order valence-corrected chi connectivity index (χ4v) is 2.12. The topological polar surface area (TPSA) is 78.0 Å². The summed E-state index contributed by atoms with van der Waals surface area (Å²) in [6.07, 6.45) is 3.36. The van der Waals surface area contributed by atoms with Crippen molar-refractivity contribution >= 4 is 17.7 Å². The normalized spacial score (nSPS) is 12.4. The van der Waals surface area contributed by atoms with Crippen LogP contribution < -0.4 is 5.32 Å². The van der Waals surface area contributed by atoms with Gasteiger partial charge in [0.1, 0.15) is 5.69 Å². The number of nitrogens with zero attached hydrogens (tertiary/aromatic N) is 1. The van der Waals surface area contributed by atoms with Gasteiger partial charge in [-0.3, -0.25) is 9.89 Å². The number of H-pyrrole nitrogens is 1. The summed E-state index contributed by atoms with van der Waals surface area (Å²) in [7, 11) is 0. The third-order valence-corrected chi connectivity index (χ3v) is 3.16. The minimum absolute atomic E-state index is 0.00993. The van der Waals surface area contributed by atoms with Gasteiger partial charge in [0.05, 0.1) is 0 Å². The second-order valence-corrected chi connectivity index (χ2v) is 4.68. The maximum Gasteiger partial charge on any atom is 0.272 e. The molecule has 0 aliphatic rings. The maximum absolute atomic E-state index is 11.8. The maximum atomic E-state index is 11.8. The van der Waals surface area contributed by atoms with E-state index in [2.05, 4.69) is 15.5 Å². The van der Waals surface area contributed by atoms with Crippen molar-refractivity contribution in [1.29, 1.82) is 0 Å². The third kappa shape index (κ3) is 4.40. The number of nitrogens with one attached hydrogen (secondary N) is 2. The Balaban J connectivity index is 2.56. The predicted octanol–water partition coefficient (Wildman–Crippen LogP) is 0.816. The van der Waals surface area contributed by atoms with E-state index in [1.54, 1.807) is 17.8 Å². The SMILES string of the molecule is CCc1cc(C(=O)NC(CCO)CSC)n[nH]1. The molecule has 0 fully saturated rings. The van der Waals surface area contributed by atoms with Crippen molar-refractivity contribution in [1.82, 2.24) is 15.5 Å². The highest BCUT2D eigenvalue weighted by Crippen LogP contribution is 2.04. The lowest BCUT2D eigenvalue weighted by Crippen LogP contribution is -2.37. The van der Waals surface area contributed by atoms with Crippen molar-refractivity contribution in [2.75, 3.05) is 18.6 Å². The molecule has 3 N–H and O–H groups in total. The minimum Gasteiger partial charge on any atom is -0.396 e. The number of aryl methyl sites for hydroxylation is 1. The molecule has 1 aromatic heterocycles. The number of carbonyl (C=O) groups excluding carboxylic acids is 1. The standard InChI is InChI=1S/C11H19N3O2S/c1-3-8-6-10(14-13-8)11(16)12-9(4-5-15)7-17-2/h6,9,15H,3-5,7H2,1-2H3,(H,12,16)(H,13,14). The average Bonchev–Trinajstić information content (AvgIpc) is 2.78. The van der Waals surface area contributed by atoms with E-state index in [4.69, 9.17) is 5.11 Å². The molecule has 1 amide bonds. The van der Waals surface area contributed by atoms with Crippen molar-refractivity contribution in [3.05, 3.63) is 17.5 Å². The number of rotatable bonds is 7. The molecule has 0 aliphatic heterocycles. The van der Waals surface area contributed by atoms with Gasteiger partial charge in [0.25, 0.3) is 5.91 Å². The fourth-order valence-electron chi connectivity index (χ4n) is 1.47. The van der Waals surface area contributed by atoms with E-state index in [0.717, 1.165) is 17.9 Å². The van der Waals surface area contributed by atoms with Crippen molar-refractivity contribution in [3.63, 3.8) is 0 Å². The van der Waals surface area contributed by atoms with Crippen molar-refractivity contribution < 1.29 is 9.90 Å². The zero-order valence-corrected chi connectivity index (χ0v) is 11.0. The van der Waals surface area contributed by atoms with E-state index >= 15 is 0 Å². The highest BCUT2D eigenvalue weighted by Gasteiger charge is 2.15. The van der Waals surface area contributed by atoms with Crippen LogP contribution in [-0.4, -0.2) is 45.9 Å². The van der Waals surface area contributed by atoms with Crippen LogP contribution in [0.1, 0.15) is 29.5 Å². The van der Waals surface area contributed by atoms with Crippen LogP contribution in [0.3, 0.4) is 0 Å². The summed E-state index contributed by atoms with van der Waals surface area (Å²) in [5, 5.41) is 18.5. The van der Waals surface area contributed by atoms with Gasteiger partial charge < -0.3 is 10.4 Å². The van der Waals surface area contributed by atoms with E-state index in [1.807, 2.05) is 13.2 Å². The molecule has 17 heavy (non-hydrogen) atoms. The zero-order valence-electron chi connectivity index (χ0n) is 10.2. The van der Waals surface area contributed by atoms with Crippen molar-refractivity contribution in [2.45, 2.75) is 25.8 Å². The molecule has 5 nitrogen and oxygen atoms in total. The van der Waals surface area contributed by atoms with Crippen LogP contribution in [0.5, 0.6) is 0 Å². The van der Waals surface area contributed by atoms with Crippen molar-refractivity contribution in [3.8, 4) is 0 Å². The summed E-state index contributed by atoms with van der Waals surface area (Å²) < 4.78 is 0. The summed E-state index contributed by atoms with van der Waals surface area (Å²) in [6, 6.07) is 1.74. The van der Waals surface area contributed by atoms with Gasteiger partial charge >= 0.3 is 0 Å². The molecule has 0 saturated heterocycles. The molecule has 96 valence electrons. The Kier molecular flexibility index (Phi) is 6.07. The summed E-state index contributed by atoms with van der Waals surface area (Å²) in [5.74, 6) is 0.602. The monoisotopic (exact) mass is 257 g/mol. The van der Waals surface area contributed by atoms with Gasteiger partial charge in [-0.25, -0.2) is 0 Å². The van der Waals surface area contributed by atoms with Gasteiger partial charge in [0.15, 0.2) is 0 Å². The minimum atomic E-state index is -0.187. The molecule has 1 atom stereocenters. The first kappa shape index (κ1) is 14.1. The first-order chi connectivity index (χ1) is 8.21. The van der Waals surface area contributed by atoms with Gasteiger partial charge in [-0.2, -0.15) is 16.9 Å². The first-order valence-corrected chi connectivity index (χ1v) is 7.05. The highest BCUT2D eigenvalue weighted by atomic mass is 32.2. The number of amides is 1. The number of aliphatic hydroxyl groups is 1. The number of aliphatic hydroxyl groups excluding tert-OH is 1. The molecule has 1 rings (SSSR count). The lowest BCUT2D eigenvalue weighted by atomic mass is 10.2. The van der Waals surface area contributed by atoms with Gasteiger partial charge in [0, 0.05) is 24.1 Å². The molecule has 0 aliphatic carbocycles. The molecule has 0 aromatic carbocycles. The lowest BCUT2D eigenvalue weighted by Gasteiger charge is -2.15. The van der Waals surface area contributed by atoms with Crippen LogP contribution in [0, 0.1) is 0 Å². The molecule has 0 bridgehead atoms. The van der Waals surface area contributed by atoms with Crippen LogP contribution in [0.4, 0.5) is 0 Å². The molecule has 1 heterocycles. The van der Waals surface area contributed by atoms with E-state index < -0.39 is 0 Å². The summed E-state index contributed by atoms with van der Waals surface area (Å²) >= 11 is 1.64. The summed E-state index contributed by atoms with van der Waals surface area (Å²) in [6.45, 7) is 2.07.